The molecule has 88 valence electrons. The number of nitrogens with two attached hydrogens (primary N) is 1. The van der Waals surface area contributed by atoms with Crippen molar-refractivity contribution in [1.29, 1.82) is 0 Å². The molecule has 2 aromatic rings. The van der Waals surface area contributed by atoms with Crippen LogP contribution in [0.15, 0.2) is 42.5 Å². The number of anilines is 1. The van der Waals surface area contributed by atoms with Crippen LogP contribution in [0.25, 0.3) is 0 Å². The van der Waals surface area contributed by atoms with Crippen molar-refractivity contribution in [3.63, 3.8) is 0 Å². The second-order valence-corrected chi connectivity index (χ2v) is 3.71. The molecule has 4 heteroatoms. The maximum atomic E-state index is 5.69. The van der Waals surface area contributed by atoms with E-state index in [0.29, 0.717) is 12.4 Å². The summed E-state index contributed by atoms with van der Waals surface area (Å²) in [6.07, 6.45) is 0. The molecule has 0 atom stereocenters. The lowest BCUT2D eigenvalue weighted by Gasteiger charge is -2.09. The molecule has 0 fully saturated rings. The summed E-state index contributed by atoms with van der Waals surface area (Å²) in [5.41, 5.74) is 4.46. The summed E-state index contributed by atoms with van der Waals surface area (Å²) in [6, 6.07) is 13.5. The number of nitrogen functional groups attached to an aromatic ring is 1. The number of ether oxygens (including phenoxy) is 1. The average Bonchev–Trinajstić information content (AvgIpc) is 2.38. The van der Waals surface area contributed by atoms with Gasteiger partial charge in [0.25, 0.3) is 0 Å². The lowest BCUT2D eigenvalue weighted by Crippen LogP contribution is -2.09. The molecule has 0 bridgehead atoms. The first-order valence-electron chi connectivity index (χ1n) is 5.40. The van der Waals surface area contributed by atoms with Gasteiger partial charge < -0.3 is 10.2 Å². The fraction of sp³-hybridized carbons (Fsp3) is 0.154. The van der Waals surface area contributed by atoms with Crippen LogP contribution in [0.5, 0.6) is 5.75 Å². The van der Waals surface area contributed by atoms with Gasteiger partial charge in [0.15, 0.2) is 0 Å². The van der Waals surface area contributed by atoms with E-state index in [1.54, 1.807) is 6.07 Å². The summed E-state index contributed by atoms with van der Waals surface area (Å²) < 4.78 is 5.69. The normalized spacial score (nSPS) is 10.0. The minimum absolute atomic E-state index is 0.431. The van der Waals surface area contributed by atoms with Crippen LogP contribution < -0.4 is 16.0 Å². The third-order valence-electron chi connectivity index (χ3n) is 2.42. The predicted molar refractivity (Wildman–Crippen MR) is 67.6 cm³/mol. The summed E-state index contributed by atoms with van der Waals surface area (Å²) in [4.78, 5) is 4.27. The molecular formula is C13H15N3O. The topological polar surface area (TPSA) is 60.2 Å². The molecule has 0 amide bonds. The highest BCUT2D eigenvalue weighted by Crippen LogP contribution is 2.17. The molecule has 0 unspecified atom stereocenters. The number of benzene rings is 1. The van der Waals surface area contributed by atoms with Crippen molar-refractivity contribution in [2.75, 3.05) is 5.43 Å². The first-order chi connectivity index (χ1) is 8.29. The molecule has 0 saturated heterocycles. The maximum Gasteiger partial charge on any atom is 0.140 e. The van der Waals surface area contributed by atoms with Gasteiger partial charge in [-0.3, -0.25) is 0 Å². The van der Waals surface area contributed by atoms with Crippen LogP contribution >= 0.6 is 0 Å². The Kier molecular flexibility index (Phi) is 3.57. The Morgan fingerprint density at radius 3 is 2.76 bits per heavy atom. The zero-order valence-electron chi connectivity index (χ0n) is 9.68. The van der Waals surface area contributed by atoms with E-state index in [-0.39, 0.29) is 0 Å². The van der Waals surface area contributed by atoms with E-state index >= 15 is 0 Å². The standard InChI is InChI=1S/C13H15N3O/c1-10-5-2-3-7-12(10)17-9-11-6-4-8-13(15-11)16-14/h2-8H,9,14H2,1H3,(H,15,16). The van der Waals surface area contributed by atoms with Gasteiger partial charge in [-0.1, -0.05) is 24.3 Å². The molecule has 0 aliphatic rings. The fourth-order valence-electron chi connectivity index (χ4n) is 1.51. The van der Waals surface area contributed by atoms with Crippen molar-refractivity contribution in [2.24, 2.45) is 5.84 Å². The smallest absolute Gasteiger partial charge is 0.140 e. The van der Waals surface area contributed by atoms with E-state index in [0.717, 1.165) is 17.0 Å². The SMILES string of the molecule is Cc1ccccc1OCc1cccc(NN)n1. The molecule has 0 saturated carbocycles. The summed E-state index contributed by atoms with van der Waals surface area (Å²) >= 11 is 0. The van der Waals surface area contributed by atoms with Crippen LogP contribution in [0.2, 0.25) is 0 Å². The lowest BCUT2D eigenvalue weighted by atomic mass is 10.2. The summed E-state index contributed by atoms with van der Waals surface area (Å²) in [6.45, 7) is 2.45. The zero-order chi connectivity index (χ0) is 12.1. The largest absolute Gasteiger partial charge is 0.487 e. The van der Waals surface area contributed by atoms with E-state index < -0.39 is 0 Å². The first kappa shape index (κ1) is 11.4. The summed E-state index contributed by atoms with van der Waals surface area (Å²) in [5, 5.41) is 0. The molecule has 0 spiro atoms. The van der Waals surface area contributed by atoms with Gasteiger partial charge in [0, 0.05) is 0 Å². The summed E-state index contributed by atoms with van der Waals surface area (Å²) in [5.74, 6) is 6.81. The van der Waals surface area contributed by atoms with Crippen LogP contribution in [-0.4, -0.2) is 4.98 Å². The van der Waals surface area contributed by atoms with Crippen LogP contribution in [0.3, 0.4) is 0 Å². The van der Waals surface area contributed by atoms with Crippen LogP contribution in [0, 0.1) is 6.92 Å². The van der Waals surface area contributed by atoms with Gasteiger partial charge >= 0.3 is 0 Å². The molecule has 3 N–H and O–H groups in total. The second-order valence-electron chi connectivity index (χ2n) is 3.71. The highest BCUT2D eigenvalue weighted by atomic mass is 16.5. The quantitative estimate of drug-likeness (QED) is 0.623. The van der Waals surface area contributed by atoms with Crippen LogP contribution in [0.4, 0.5) is 5.82 Å². The highest BCUT2D eigenvalue weighted by Gasteiger charge is 2.00. The van der Waals surface area contributed by atoms with Crippen molar-refractivity contribution in [3.8, 4) is 5.75 Å². The Bertz CT molecular complexity index is 500. The van der Waals surface area contributed by atoms with Crippen molar-refractivity contribution in [3.05, 3.63) is 53.7 Å². The summed E-state index contributed by atoms with van der Waals surface area (Å²) in [7, 11) is 0. The third-order valence-corrected chi connectivity index (χ3v) is 2.42. The highest BCUT2D eigenvalue weighted by molar-refractivity contribution is 5.34. The monoisotopic (exact) mass is 229 g/mol. The minimum atomic E-state index is 0.431. The Labute approximate surface area is 100 Å². The van der Waals surface area contributed by atoms with E-state index in [9.17, 15) is 0 Å². The number of hydrazine groups is 1. The Balaban J connectivity index is 2.05. The third kappa shape index (κ3) is 2.95. The number of hydrogen-bond donors (Lipinski definition) is 2. The van der Waals surface area contributed by atoms with Gasteiger partial charge in [0.2, 0.25) is 0 Å². The number of pyridine rings is 1. The fourth-order valence-corrected chi connectivity index (χ4v) is 1.51. The van der Waals surface area contributed by atoms with Gasteiger partial charge in [-0.25, -0.2) is 10.8 Å². The molecule has 0 radical (unpaired) electrons. The molecular weight excluding hydrogens is 214 g/mol. The van der Waals surface area contributed by atoms with Gasteiger partial charge in [-0.2, -0.15) is 0 Å². The van der Waals surface area contributed by atoms with Crippen molar-refractivity contribution in [1.82, 2.24) is 4.98 Å². The predicted octanol–water partition coefficient (Wildman–Crippen LogP) is 2.25. The van der Waals surface area contributed by atoms with E-state index in [1.807, 2.05) is 43.3 Å². The van der Waals surface area contributed by atoms with Gasteiger partial charge in [-0.15, -0.1) is 0 Å². The molecule has 1 aromatic carbocycles. The molecule has 1 heterocycles. The van der Waals surface area contributed by atoms with Crippen LogP contribution in [0.1, 0.15) is 11.3 Å². The number of nitrogens with one attached hydrogen (secondary N) is 1. The van der Waals surface area contributed by atoms with E-state index in [4.69, 9.17) is 10.6 Å². The van der Waals surface area contributed by atoms with Gasteiger partial charge in [0.1, 0.15) is 18.2 Å². The zero-order valence-corrected chi connectivity index (χ0v) is 9.68. The number of aryl methyl sites for hydroxylation is 1. The van der Waals surface area contributed by atoms with Crippen molar-refractivity contribution >= 4 is 5.82 Å². The number of hydrogen-bond acceptors (Lipinski definition) is 4. The number of rotatable bonds is 4. The minimum Gasteiger partial charge on any atom is -0.487 e. The van der Waals surface area contributed by atoms with E-state index in [1.165, 1.54) is 0 Å². The molecule has 1 aromatic heterocycles. The second kappa shape index (κ2) is 5.32. The van der Waals surface area contributed by atoms with Gasteiger partial charge in [0.05, 0.1) is 5.69 Å². The van der Waals surface area contributed by atoms with Crippen molar-refractivity contribution < 1.29 is 4.74 Å². The average molecular weight is 229 g/mol. The van der Waals surface area contributed by atoms with E-state index in [2.05, 4.69) is 10.4 Å². The molecule has 17 heavy (non-hydrogen) atoms. The van der Waals surface area contributed by atoms with Crippen LogP contribution in [-0.2, 0) is 6.61 Å². The number of para-hydroxylation sites is 1. The first-order valence-corrected chi connectivity index (χ1v) is 5.40. The molecule has 2 rings (SSSR count). The van der Waals surface area contributed by atoms with Crippen molar-refractivity contribution in [2.45, 2.75) is 13.5 Å². The number of aromatic nitrogens is 1. The molecule has 4 nitrogen and oxygen atoms in total. The van der Waals surface area contributed by atoms with Gasteiger partial charge in [-0.05, 0) is 30.7 Å². The Morgan fingerprint density at radius 1 is 1.18 bits per heavy atom. The molecule has 0 aliphatic carbocycles. The maximum absolute atomic E-state index is 5.69. The number of nitrogens with zero attached hydrogens (tertiary/aromatic N) is 1. The Hall–Kier alpha value is -2.07. The Morgan fingerprint density at radius 2 is 2.00 bits per heavy atom. The lowest BCUT2D eigenvalue weighted by molar-refractivity contribution is 0.299. The molecule has 0 aliphatic heterocycles.